The van der Waals surface area contributed by atoms with E-state index in [-0.39, 0.29) is 36.9 Å². The number of carboxylic acid groups (broad SMARTS) is 1. The standard InChI is InChI=1S/C31H36F3N3O7/c1-17-14-19(32)25(34)26(24(17)33)44-16-22(38)21(15-23(39)40)36-29(43)31(5)10-12-37(13-11-31)28(42)27(41)35-20-9-7-6-8-18(20)30(2,3)4/h6-9,14,21H,10-13,15-16H2,1-5H3,(H,35,41)(H,36,43)(H,39,40)/t21-/m0/s1. The van der Waals surface area contributed by atoms with Crippen LogP contribution in [0.3, 0.4) is 0 Å². The summed E-state index contributed by atoms with van der Waals surface area (Å²) in [6.07, 6.45) is -0.655. The molecule has 1 aliphatic rings. The Hall–Kier alpha value is -4.42. The first kappa shape index (κ1) is 34.1. The summed E-state index contributed by atoms with van der Waals surface area (Å²) in [6, 6.07) is 6.14. The van der Waals surface area contributed by atoms with Crippen LogP contribution in [-0.2, 0) is 29.4 Å². The highest BCUT2D eigenvalue weighted by molar-refractivity contribution is 6.39. The van der Waals surface area contributed by atoms with Gasteiger partial charge in [-0.15, -0.1) is 0 Å². The van der Waals surface area contributed by atoms with Crippen molar-refractivity contribution in [3.05, 3.63) is 58.9 Å². The third-order valence-corrected chi connectivity index (χ3v) is 7.61. The molecule has 10 nitrogen and oxygen atoms in total. The minimum Gasteiger partial charge on any atom is -0.481 e. The van der Waals surface area contributed by atoms with Crippen LogP contribution in [0.1, 0.15) is 58.1 Å². The van der Waals surface area contributed by atoms with Crippen LogP contribution in [0.5, 0.6) is 5.75 Å². The van der Waals surface area contributed by atoms with E-state index >= 15 is 0 Å². The fourth-order valence-corrected chi connectivity index (χ4v) is 4.82. The van der Waals surface area contributed by atoms with Crippen molar-refractivity contribution in [2.75, 3.05) is 25.0 Å². The van der Waals surface area contributed by atoms with Crippen molar-refractivity contribution in [1.82, 2.24) is 10.2 Å². The van der Waals surface area contributed by atoms with E-state index in [1.165, 1.54) is 4.90 Å². The second-order valence-electron chi connectivity index (χ2n) is 12.1. The first-order valence-corrected chi connectivity index (χ1v) is 14.0. The molecule has 1 aliphatic heterocycles. The Morgan fingerprint density at radius 1 is 1.05 bits per heavy atom. The predicted molar refractivity (Wildman–Crippen MR) is 153 cm³/mol. The topological polar surface area (TPSA) is 142 Å². The van der Waals surface area contributed by atoms with E-state index in [9.17, 15) is 42.3 Å². The Bertz CT molecular complexity index is 1440. The second-order valence-corrected chi connectivity index (χ2v) is 12.1. The van der Waals surface area contributed by atoms with Crippen molar-refractivity contribution in [2.45, 2.75) is 65.3 Å². The van der Waals surface area contributed by atoms with E-state index in [2.05, 4.69) is 10.6 Å². The molecule has 0 radical (unpaired) electrons. The molecule has 2 aromatic carbocycles. The SMILES string of the molecule is Cc1cc(F)c(F)c(OCC(=O)[C@H](CC(=O)O)NC(=O)C2(C)CCN(C(=O)C(=O)Nc3ccccc3C(C)(C)C)CC2)c1F. The number of carbonyl (C=O) groups is 5. The van der Waals surface area contributed by atoms with Gasteiger partial charge in [0.2, 0.25) is 11.7 Å². The molecule has 1 saturated heterocycles. The number of nitrogens with one attached hydrogen (secondary N) is 2. The molecule has 0 aliphatic carbocycles. The van der Waals surface area contributed by atoms with Crippen LogP contribution in [0.15, 0.2) is 30.3 Å². The number of benzene rings is 2. The normalized spacial score (nSPS) is 15.2. The lowest BCUT2D eigenvalue weighted by molar-refractivity contribution is -0.147. The molecule has 44 heavy (non-hydrogen) atoms. The first-order valence-electron chi connectivity index (χ1n) is 14.0. The van der Waals surface area contributed by atoms with Crippen LogP contribution in [0.2, 0.25) is 0 Å². The number of ether oxygens (including phenoxy) is 1. The largest absolute Gasteiger partial charge is 0.481 e. The zero-order valence-corrected chi connectivity index (χ0v) is 25.2. The molecule has 0 aromatic heterocycles. The van der Waals surface area contributed by atoms with Gasteiger partial charge < -0.3 is 25.4 Å². The van der Waals surface area contributed by atoms with Crippen molar-refractivity contribution < 1.29 is 47.0 Å². The number of nitrogens with zero attached hydrogens (tertiary/aromatic N) is 1. The molecule has 2 aromatic rings. The maximum atomic E-state index is 14.3. The van der Waals surface area contributed by atoms with Crippen LogP contribution in [0.4, 0.5) is 18.9 Å². The zero-order valence-electron chi connectivity index (χ0n) is 25.2. The zero-order chi connectivity index (χ0) is 33.0. The molecule has 1 fully saturated rings. The van der Waals surface area contributed by atoms with E-state index in [0.29, 0.717) is 11.8 Å². The molecule has 1 heterocycles. The summed E-state index contributed by atoms with van der Waals surface area (Å²) in [7, 11) is 0. The average Bonchev–Trinajstić information content (AvgIpc) is 2.95. The number of halogens is 3. The van der Waals surface area contributed by atoms with Crippen molar-refractivity contribution in [3.8, 4) is 5.75 Å². The third kappa shape index (κ3) is 7.94. The highest BCUT2D eigenvalue weighted by atomic mass is 19.2. The number of rotatable bonds is 9. The molecule has 0 unspecified atom stereocenters. The van der Waals surface area contributed by atoms with Gasteiger partial charge in [0.15, 0.2) is 23.2 Å². The van der Waals surface area contributed by atoms with Crippen LogP contribution >= 0.6 is 0 Å². The van der Waals surface area contributed by atoms with Crippen molar-refractivity contribution in [2.24, 2.45) is 5.41 Å². The van der Waals surface area contributed by atoms with Gasteiger partial charge in [-0.1, -0.05) is 45.9 Å². The lowest BCUT2D eigenvalue weighted by Gasteiger charge is -2.38. The predicted octanol–water partition coefficient (Wildman–Crippen LogP) is 3.88. The third-order valence-electron chi connectivity index (χ3n) is 7.61. The summed E-state index contributed by atoms with van der Waals surface area (Å²) in [4.78, 5) is 64.4. The molecular weight excluding hydrogens is 583 g/mol. The van der Waals surface area contributed by atoms with Gasteiger partial charge in [-0.25, -0.2) is 8.78 Å². The van der Waals surface area contributed by atoms with Crippen LogP contribution in [0.25, 0.3) is 0 Å². The summed E-state index contributed by atoms with van der Waals surface area (Å²) in [5.41, 5.74) is -0.338. The van der Waals surface area contributed by atoms with Crippen molar-refractivity contribution >= 4 is 35.2 Å². The molecule has 3 N–H and O–H groups in total. The Labute approximate surface area is 252 Å². The number of ketones is 1. The number of carbonyl (C=O) groups excluding carboxylic acids is 4. The Balaban J connectivity index is 1.63. The molecule has 3 amide bonds. The highest BCUT2D eigenvalue weighted by Gasteiger charge is 2.41. The number of hydrogen-bond acceptors (Lipinski definition) is 6. The van der Waals surface area contributed by atoms with E-state index in [1.807, 2.05) is 32.9 Å². The van der Waals surface area contributed by atoms with E-state index in [4.69, 9.17) is 4.74 Å². The maximum Gasteiger partial charge on any atom is 0.313 e. The lowest BCUT2D eigenvalue weighted by Crippen LogP contribution is -2.54. The number of anilines is 1. The fourth-order valence-electron chi connectivity index (χ4n) is 4.82. The number of amides is 3. The first-order chi connectivity index (χ1) is 20.4. The quantitative estimate of drug-likeness (QED) is 0.286. The van der Waals surface area contributed by atoms with Gasteiger partial charge in [-0.2, -0.15) is 4.39 Å². The maximum absolute atomic E-state index is 14.3. The Kier molecular flexibility index (Phi) is 10.4. The second kappa shape index (κ2) is 13.5. The minimum absolute atomic E-state index is 0.0369. The molecule has 1 atom stereocenters. The fraction of sp³-hybridized carbons (Fsp3) is 0.452. The molecule has 0 saturated carbocycles. The van der Waals surface area contributed by atoms with Gasteiger partial charge in [0.05, 0.1) is 6.42 Å². The summed E-state index contributed by atoms with van der Waals surface area (Å²) in [5.74, 6) is -10.2. The number of hydrogen-bond donors (Lipinski definition) is 3. The molecule has 3 rings (SSSR count). The van der Waals surface area contributed by atoms with Crippen LogP contribution in [0, 0.1) is 29.8 Å². The molecule has 0 bridgehead atoms. The monoisotopic (exact) mass is 619 g/mol. The number of Topliss-reactive ketones (excluding diaryl/α,β-unsaturated/α-hetero) is 1. The Morgan fingerprint density at radius 3 is 2.25 bits per heavy atom. The highest BCUT2D eigenvalue weighted by Crippen LogP contribution is 2.33. The van der Waals surface area contributed by atoms with Gasteiger partial charge in [0.25, 0.3) is 0 Å². The number of para-hydroxylation sites is 1. The molecule has 238 valence electrons. The van der Waals surface area contributed by atoms with E-state index in [1.54, 1.807) is 19.1 Å². The van der Waals surface area contributed by atoms with E-state index in [0.717, 1.165) is 12.5 Å². The van der Waals surface area contributed by atoms with Crippen LogP contribution < -0.4 is 15.4 Å². The van der Waals surface area contributed by atoms with Gasteiger partial charge in [-0.05, 0) is 48.4 Å². The van der Waals surface area contributed by atoms with Gasteiger partial charge in [-0.3, -0.25) is 24.0 Å². The number of aryl methyl sites for hydroxylation is 1. The average molecular weight is 620 g/mol. The lowest BCUT2D eigenvalue weighted by atomic mass is 9.79. The van der Waals surface area contributed by atoms with Gasteiger partial charge >= 0.3 is 17.8 Å². The van der Waals surface area contributed by atoms with Crippen molar-refractivity contribution in [1.29, 1.82) is 0 Å². The Morgan fingerprint density at radius 2 is 1.66 bits per heavy atom. The molecule has 0 spiro atoms. The van der Waals surface area contributed by atoms with E-state index < -0.39 is 77.2 Å². The summed E-state index contributed by atoms with van der Waals surface area (Å²) in [6.45, 7) is 7.70. The molecule has 13 heteroatoms. The number of likely N-dealkylation sites (tertiary alicyclic amines) is 1. The number of carboxylic acids is 1. The minimum atomic E-state index is -1.65. The van der Waals surface area contributed by atoms with Gasteiger partial charge in [0.1, 0.15) is 12.6 Å². The summed E-state index contributed by atoms with van der Waals surface area (Å²) in [5, 5.41) is 14.3. The summed E-state index contributed by atoms with van der Waals surface area (Å²) >= 11 is 0. The van der Waals surface area contributed by atoms with Crippen LogP contribution in [-0.4, -0.2) is 65.2 Å². The summed E-state index contributed by atoms with van der Waals surface area (Å²) < 4.78 is 46.9. The smallest absolute Gasteiger partial charge is 0.313 e. The molecular formula is C31H36F3N3O7. The van der Waals surface area contributed by atoms with Crippen molar-refractivity contribution in [3.63, 3.8) is 0 Å². The number of piperidine rings is 1. The van der Waals surface area contributed by atoms with Gasteiger partial charge in [0, 0.05) is 24.2 Å². The number of aliphatic carboxylic acids is 1.